The molecule has 1 aromatic carbocycles. The summed E-state index contributed by atoms with van der Waals surface area (Å²) in [6.45, 7) is 4.90. The molecule has 1 fully saturated rings. The van der Waals surface area contributed by atoms with E-state index in [0.29, 0.717) is 24.8 Å². The quantitative estimate of drug-likeness (QED) is 0.596. The van der Waals surface area contributed by atoms with Crippen LogP contribution in [0, 0.1) is 13.8 Å². The minimum Gasteiger partial charge on any atom is -0.378 e. The van der Waals surface area contributed by atoms with Gasteiger partial charge in [-0.2, -0.15) is 0 Å². The van der Waals surface area contributed by atoms with E-state index < -0.39 is 10.0 Å². The van der Waals surface area contributed by atoms with Crippen LogP contribution in [0.3, 0.4) is 0 Å². The van der Waals surface area contributed by atoms with Gasteiger partial charge in [0.05, 0.1) is 11.0 Å². The topological polar surface area (TPSA) is 84.5 Å². The van der Waals surface area contributed by atoms with Gasteiger partial charge in [-0.05, 0) is 50.3 Å². The van der Waals surface area contributed by atoms with E-state index >= 15 is 0 Å². The Kier molecular flexibility index (Phi) is 8.73. The average molecular weight is 397 g/mol. The molecule has 0 unspecified atom stereocenters. The number of rotatable bonds is 10. The first-order valence-corrected chi connectivity index (χ1v) is 11.3. The normalized spacial score (nSPS) is 15.6. The summed E-state index contributed by atoms with van der Waals surface area (Å²) < 4.78 is 33.1. The minimum atomic E-state index is -3.60. The second-order valence-electron chi connectivity index (χ2n) is 7.25. The van der Waals surface area contributed by atoms with E-state index in [0.717, 1.165) is 24.8 Å². The van der Waals surface area contributed by atoms with E-state index in [-0.39, 0.29) is 23.8 Å². The summed E-state index contributed by atoms with van der Waals surface area (Å²) >= 11 is 0. The molecule has 1 amide bonds. The predicted molar refractivity (Wildman–Crippen MR) is 106 cm³/mol. The van der Waals surface area contributed by atoms with Gasteiger partial charge < -0.3 is 10.1 Å². The van der Waals surface area contributed by atoms with Gasteiger partial charge in [0.2, 0.25) is 15.9 Å². The number of carbonyl (C=O) groups excluding carboxylic acids is 1. The van der Waals surface area contributed by atoms with Crippen molar-refractivity contribution in [2.75, 3.05) is 19.7 Å². The van der Waals surface area contributed by atoms with Gasteiger partial charge in [-0.3, -0.25) is 4.79 Å². The maximum atomic E-state index is 12.4. The highest BCUT2D eigenvalue weighted by Gasteiger charge is 2.17. The molecular weight excluding hydrogens is 364 g/mol. The fourth-order valence-electron chi connectivity index (χ4n) is 3.24. The molecule has 2 N–H and O–H groups in total. The van der Waals surface area contributed by atoms with Crippen LogP contribution in [0.5, 0.6) is 0 Å². The highest BCUT2D eigenvalue weighted by Crippen LogP contribution is 2.20. The third kappa shape index (κ3) is 7.60. The lowest BCUT2D eigenvalue weighted by Crippen LogP contribution is -2.32. The Balaban J connectivity index is 1.61. The highest BCUT2D eigenvalue weighted by molar-refractivity contribution is 7.89. The summed E-state index contributed by atoms with van der Waals surface area (Å²) in [7, 11) is -3.60. The minimum absolute atomic E-state index is 0.0835. The van der Waals surface area contributed by atoms with E-state index in [4.69, 9.17) is 4.74 Å². The predicted octanol–water partition coefficient (Wildman–Crippen LogP) is 2.83. The molecule has 0 spiro atoms. The fourth-order valence-corrected chi connectivity index (χ4v) is 4.60. The summed E-state index contributed by atoms with van der Waals surface area (Å²) in [5.41, 5.74) is 1.57. The van der Waals surface area contributed by atoms with Crippen LogP contribution in [0.25, 0.3) is 0 Å². The van der Waals surface area contributed by atoms with Crippen LogP contribution < -0.4 is 10.0 Å². The van der Waals surface area contributed by atoms with Gasteiger partial charge in [-0.25, -0.2) is 13.1 Å². The van der Waals surface area contributed by atoms with E-state index in [1.165, 1.54) is 19.3 Å². The first-order valence-electron chi connectivity index (χ1n) is 9.84. The van der Waals surface area contributed by atoms with Crippen molar-refractivity contribution >= 4 is 15.9 Å². The summed E-state index contributed by atoms with van der Waals surface area (Å²) in [6.07, 6.45) is 7.38. The Morgan fingerprint density at radius 1 is 1.15 bits per heavy atom. The molecule has 0 atom stereocenters. The zero-order valence-electron chi connectivity index (χ0n) is 16.4. The Hall–Kier alpha value is -1.44. The van der Waals surface area contributed by atoms with E-state index in [1.54, 1.807) is 19.1 Å². The SMILES string of the molecule is Cc1ccc(C)c(S(=O)(=O)NCCC(=O)NCCCOC2CCCCC2)c1. The number of hydrogen-bond acceptors (Lipinski definition) is 4. The molecular formula is C20H32N2O4S. The number of sulfonamides is 1. The molecule has 0 aromatic heterocycles. The Labute approximate surface area is 163 Å². The van der Waals surface area contributed by atoms with Crippen LogP contribution in [0.15, 0.2) is 23.1 Å². The molecule has 7 heteroatoms. The van der Waals surface area contributed by atoms with Crippen LogP contribution in [0.1, 0.15) is 56.1 Å². The second kappa shape index (κ2) is 10.8. The second-order valence-corrected chi connectivity index (χ2v) is 8.99. The molecule has 1 aliphatic carbocycles. The zero-order chi connectivity index (χ0) is 19.7. The van der Waals surface area contributed by atoms with Crippen LogP contribution in [-0.4, -0.2) is 40.1 Å². The number of hydrogen-bond donors (Lipinski definition) is 2. The van der Waals surface area contributed by atoms with Crippen molar-refractivity contribution in [2.45, 2.75) is 69.8 Å². The smallest absolute Gasteiger partial charge is 0.240 e. The Bertz CT molecular complexity index is 713. The average Bonchev–Trinajstić information content (AvgIpc) is 2.64. The Morgan fingerprint density at radius 3 is 2.63 bits per heavy atom. The van der Waals surface area contributed by atoms with Crippen LogP contribution in [0.2, 0.25) is 0 Å². The molecule has 6 nitrogen and oxygen atoms in total. The molecule has 1 aromatic rings. The van der Waals surface area contributed by atoms with Crippen molar-refractivity contribution in [3.63, 3.8) is 0 Å². The molecule has 0 saturated heterocycles. The summed E-state index contributed by atoms with van der Waals surface area (Å²) in [5.74, 6) is -0.156. The van der Waals surface area contributed by atoms with Crippen molar-refractivity contribution in [3.8, 4) is 0 Å². The molecule has 1 aliphatic rings. The highest BCUT2D eigenvalue weighted by atomic mass is 32.2. The van der Waals surface area contributed by atoms with E-state index in [1.807, 2.05) is 13.0 Å². The molecule has 2 rings (SSSR count). The first kappa shape index (κ1) is 21.9. The molecule has 27 heavy (non-hydrogen) atoms. The number of ether oxygens (including phenoxy) is 1. The van der Waals surface area contributed by atoms with Gasteiger partial charge in [-0.15, -0.1) is 0 Å². The standard InChI is InChI=1S/C20H32N2O4S/c1-16-9-10-17(2)19(15-16)27(24,25)22-13-11-20(23)21-12-6-14-26-18-7-4-3-5-8-18/h9-10,15,18,22H,3-8,11-14H2,1-2H3,(H,21,23). The maximum Gasteiger partial charge on any atom is 0.240 e. The molecule has 1 saturated carbocycles. The number of nitrogens with one attached hydrogen (secondary N) is 2. The number of carbonyl (C=O) groups is 1. The molecule has 0 bridgehead atoms. The fraction of sp³-hybridized carbons (Fsp3) is 0.650. The van der Waals surface area contributed by atoms with Crippen molar-refractivity contribution in [2.24, 2.45) is 0 Å². The number of benzene rings is 1. The van der Waals surface area contributed by atoms with Gasteiger partial charge in [0.25, 0.3) is 0 Å². The number of amides is 1. The summed E-state index contributed by atoms with van der Waals surface area (Å²) in [5, 5.41) is 2.81. The largest absolute Gasteiger partial charge is 0.378 e. The van der Waals surface area contributed by atoms with E-state index in [2.05, 4.69) is 10.0 Å². The zero-order valence-corrected chi connectivity index (χ0v) is 17.2. The van der Waals surface area contributed by atoms with Gasteiger partial charge >= 0.3 is 0 Å². The van der Waals surface area contributed by atoms with Gasteiger partial charge in [-0.1, -0.05) is 31.4 Å². The lowest BCUT2D eigenvalue weighted by atomic mass is 9.98. The summed E-state index contributed by atoms with van der Waals surface area (Å²) in [4.78, 5) is 12.1. The van der Waals surface area contributed by atoms with Crippen molar-refractivity contribution in [1.29, 1.82) is 0 Å². The lowest BCUT2D eigenvalue weighted by Gasteiger charge is -2.21. The van der Waals surface area contributed by atoms with Crippen molar-refractivity contribution in [1.82, 2.24) is 10.0 Å². The molecule has 0 heterocycles. The maximum absolute atomic E-state index is 12.4. The molecule has 0 aliphatic heterocycles. The van der Waals surface area contributed by atoms with Gasteiger partial charge in [0, 0.05) is 26.1 Å². The lowest BCUT2D eigenvalue weighted by molar-refractivity contribution is -0.121. The van der Waals surface area contributed by atoms with E-state index in [9.17, 15) is 13.2 Å². The van der Waals surface area contributed by atoms with Crippen LogP contribution >= 0.6 is 0 Å². The van der Waals surface area contributed by atoms with Crippen LogP contribution in [0.4, 0.5) is 0 Å². The third-order valence-corrected chi connectivity index (χ3v) is 6.43. The Morgan fingerprint density at radius 2 is 1.89 bits per heavy atom. The molecule has 0 radical (unpaired) electrons. The molecule has 152 valence electrons. The third-order valence-electron chi connectivity index (χ3n) is 4.83. The number of aryl methyl sites for hydroxylation is 2. The monoisotopic (exact) mass is 396 g/mol. The van der Waals surface area contributed by atoms with Crippen molar-refractivity contribution < 1.29 is 17.9 Å². The van der Waals surface area contributed by atoms with Crippen LogP contribution in [-0.2, 0) is 19.6 Å². The first-order chi connectivity index (χ1) is 12.9. The van der Waals surface area contributed by atoms with Crippen molar-refractivity contribution in [3.05, 3.63) is 29.3 Å². The summed E-state index contributed by atoms with van der Waals surface area (Å²) in [6, 6.07) is 5.30. The van der Waals surface area contributed by atoms with Gasteiger partial charge in [0.15, 0.2) is 0 Å². The van der Waals surface area contributed by atoms with Gasteiger partial charge in [0.1, 0.15) is 0 Å².